The fourth-order valence-corrected chi connectivity index (χ4v) is 2.72. The number of hydrogen-bond donors (Lipinski definition) is 1. The molecule has 1 N–H and O–H groups in total. The minimum Gasteiger partial charge on any atom is -0.455 e. The van der Waals surface area contributed by atoms with Crippen LogP contribution in [0.2, 0.25) is 0 Å². The number of para-hydroxylation sites is 3. The van der Waals surface area contributed by atoms with Crippen molar-refractivity contribution < 1.29 is 14.3 Å². The molecule has 0 unspecified atom stereocenters. The first-order valence-corrected chi connectivity index (χ1v) is 8.97. The number of rotatable bonds is 6. The minimum atomic E-state index is -0.362. The summed E-state index contributed by atoms with van der Waals surface area (Å²) in [6, 6.07) is 24.8. The van der Waals surface area contributed by atoms with E-state index in [0.717, 1.165) is 0 Å². The van der Waals surface area contributed by atoms with Crippen molar-refractivity contribution in [3.05, 3.63) is 84.4 Å². The second-order valence-corrected chi connectivity index (χ2v) is 6.23. The summed E-state index contributed by atoms with van der Waals surface area (Å²) in [6.45, 7) is 1.22. The van der Waals surface area contributed by atoms with Crippen molar-refractivity contribution in [3.63, 3.8) is 0 Å². The lowest BCUT2D eigenvalue weighted by molar-refractivity contribution is -0.120. The van der Waals surface area contributed by atoms with Gasteiger partial charge in [0.1, 0.15) is 12.3 Å². The van der Waals surface area contributed by atoms with E-state index in [9.17, 15) is 9.59 Å². The average molecular weight is 385 g/mol. The third-order valence-electron chi connectivity index (χ3n) is 4.11. The summed E-state index contributed by atoms with van der Waals surface area (Å²) < 4.78 is 5.91. The van der Waals surface area contributed by atoms with Gasteiger partial charge in [-0.25, -0.2) is 0 Å². The Hall–Kier alpha value is -4.11. The lowest BCUT2D eigenvalue weighted by atomic mass is 10.2. The second kappa shape index (κ2) is 9.20. The van der Waals surface area contributed by atoms with Gasteiger partial charge < -0.3 is 10.1 Å². The molecule has 144 valence electrons. The van der Waals surface area contributed by atoms with E-state index >= 15 is 0 Å². The third kappa shape index (κ3) is 5.21. The number of carbonyl (C=O) groups is 2. The minimum absolute atomic E-state index is 0.176. The summed E-state index contributed by atoms with van der Waals surface area (Å²) in [7, 11) is 0. The third-order valence-corrected chi connectivity index (χ3v) is 4.11. The molecule has 0 aliphatic heterocycles. The van der Waals surface area contributed by atoms with Crippen molar-refractivity contribution in [2.45, 2.75) is 6.92 Å². The van der Waals surface area contributed by atoms with Crippen LogP contribution >= 0.6 is 0 Å². The number of nitrogens with one attached hydrogen (secondary N) is 1. The van der Waals surface area contributed by atoms with Crippen molar-refractivity contribution in [2.24, 2.45) is 0 Å². The van der Waals surface area contributed by atoms with Crippen LogP contribution in [-0.4, -0.2) is 18.4 Å². The molecular formula is C23H19N3O3. The molecule has 0 spiro atoms. The Labute approximate surface area is 169 Å². The molecule has 0 atom stereocenters. The highest BCUT2D eigenvalue weighted by Gasteiger charge is 2.20. The van der Waals surface area contributed by atoms with Crippen LogP contribution in [-0.2, 0) is 9.59 Å². The normalized spacial score (nSPS) is 9.93. The van der Waals surface area contributed by atoms with Crippen LogP contribution in [0.5, 0.6) is 11.5 Å². The predicted octanol–water partition coefficient (Wildman–Crippen LogP) is 4.34. The van der Waals surface area contributed by atoms with E-state index in [1.165, 1.54) is 11.8 Å². The Balaban J connectivity index is 1.78. The molecule has 0 aromatic heterocycles. The standard InChI is InChI=1S/C23H19N3O3/c1-17(27)26(16-23(28)25-19-13-11-18(15-24)12-14-19)21-9-5-6-10-22(21)29-20-7-3-2-4-8-20/h2-14H,16H2,1H3,(H,25,28). The van der Waals surface area contributed by atoms with Gasteiger partial charge in [0.15, 0.2) is 5.75 Å². The smallest absolute Gasteiger partial charge is 0.244 e. The summed E-state index contributed by atoms with van der Waals surface area (Å²) in [5.41, 5.74) is 1.55. The number of anilines is 2. The van der Waals surface area contributed by atoms with E-state index in [4.69, 9.17) is 10.00 Å². The molecule has 0 aliphatic rings. The fourth-order valence-electron chi connectivity index (χ4n) is 2.72. The van der Waals surface area contributed by atoms with Gasteiger partial charge in [-0.2, -0.15) is 5.26 Å². The molecule has 3 aromatic rings. The van der Waals surface area contributed by atoms with Crippen LogP contribution < -0.4 is 15.0 Å². The summed E-state index contributed by atoms with van der Waals surface area (Å²) in [6.07, 6.45) is 0. The van der Waals surface area contributed by atoms with Crippen LogP contribution in [0, 0.1) is 11.3 Å². The fraction of sp³-hybridized carbons (Fsp3) is 0.0870. The Kier molecular flexibility index (Phi) is 6.23. The molecule has 0 heterocycles. The molecule has 6 nitrogen and oxygen atoms in total. The maximum Gasteiger partial charge on any atom is 0.244 e. The molecule has 0 saturated carbocycles. The summed E-state index contributed by atoms with van der Waals surface area (Å²) in [4.78, 5) is 26.1. The molecule has 2 amide bonds. The Bertz CT molecular complexity index is 1040. The lowest BCUT2D eigenvalue weighted by Crippen LogP contribution is -2.36. The first-order valence-electron chi connectivity index (χ1n) is 8.97. The number of ether oxygens (including phenoxy) is 1. The first-order chi connectivity index (χ1) is 14.1. The number of hydrogen-bond acceptors (Lipinski definition) is 4. The molecule has 0 radical (unpaired) electrons. The summed E-state index contributed by atoms with van der Waals surface area (Å²) in [5.74, 6) is 0.453. The van der Waals surface area contributed by atoms with Gasteiger partial charge in [-0.3, -0.25) is 14.5 Å². The van der Waals surface area contributed by atoms with Gasteiger partial charge in [0.25, 0.3) is 0 Å². The zero-order valence-corrected chi connectivity index (χ0v) is 15.8. The van der Waals surface area contributed by atoms with Gasteiger partial charge >= 0.3 is 0 Å². The zero-order chi connectivity index (χ0) is 20.6. The van der Waals surface area contributed by atoms with Crippen LogP contribution in [0.4, 0.5) is 11.4 Å². The number of amides is 2. The lowest BCUT2D eigenvalue weighted by Gasteiger charge is -2.23. The van der Waals surface area contributed by atoms with Gasteiger partial charge in [-0.15, -0.1) is 0 Å². The Morgan fingerprint density at radius 1 is 0.966 bits per heavy atom. The van der Waals surface area contributed by atoms with Crippen LogP contribution in [0.3, 0.4) is 0 Å². The zero-order valence-electron chi connectivity index (χ0n) is 15.8. The highest BCUT2D eigenvalue weighted by atomic mass is 16.5. The van der Waals surface area contributed by atoms with Crippen LogP contribution in [0.25, 0.3) is 0 Å². The number of carbonyl (C=O) groups excluding carboxylic acids is 2. The van der Waals surface area contributed by atoms with Crippen LogP contribution in [0.15, 0.2) is 78.9 Å². The van der Waals surface area contributed by atoms with E-state index in [2.05, 4.69) is 5.32 Å². The van der Waals surface area contributed by atoms with Gasteiger partial charge in [0.05, 0.1) is 17.3 Å². The molecular weight excluding hydrogens is 366 g/mol. The Morgan fingerprint density at radius 2 is 1.62 bits per heavy atom. The van der Waals surface area contributed by atoms with E-state index < -0.39 is 0 Å². The van der Waals surface area contributed by atoms with Gasteiger partial charge in [0, 0.05) is 12.6 Å². The monoisotopic (exact) mass is 385 g/mol. The SMILES string of the molecule is CC(=O)N(CC(=O)Nc1ccc(C#N)cc1)c1ccccc1Oc1ccccc1. The number of nitriles is 1. The van der Waals surface area contributed by atoms with Crippen molar-refractivity contribution >= 4 is 23.2 Å². The van der Waals surface area contributed by atoms with Crippen molar-refractivity contribution in [1.82, 2.24) is 0 Å². The highest BCUT2D eigenvalue weighted by Crippen LogP contribution is 2.32. The maximum atomic E-state index is 12.5. The maximum absolute atomic E-state index is 12.5. The molecule has 3 rings (SSSR count). The quantitative estimate of drug-likeness (QED) is 0.684. The molecule has 0 saturated heterocycles. The van der Waals surface area contributed by atoms with Crippen molar-refractivity contribution in [3.8, 4) is 17.6 Å². The van der Waals surface area contributed by atoms with E-state index in [1.807, 2.05) is 36.4 Å². The largest absolute Gasteiger partial charge is 0.455 e. The van der Waals surface area contributed by atoms with E-state index in [0.29, 0.717) is 28.4 Å². The first kappa shape index (κ1) is 19.6. The van der Waals surface area contributed by atoms with Crippen LogP contribution in [0.1, 0.15) is 12.5 Å². The highest BCUT2D eigenvalue weighted by molar-refractivity contribution is 6.02. The van der Waals surface area contributed by atoms with Crippen molar-refractivity contribution in [2.75, 3.05) is 16.8 Å². The average Bonchev–Trinajstić information content (AvgIpc) is 2.74. The van der Waals surface area contributed by atoms with Gasteiger partial charge in [-0.1, -0.05) is 30.3 Å². The molecule has 3 aromatic carbocycles. The summed E-state index contributed by atoms with van der Waals surface area (Å²) >= 11 is 0. The number of nitrogens with zero attached hydrogens (tertiary/aromatic N) is 2. The second-order valence-electron chi connectivity index (χ2n) is 6.23. The summed E-state index contributed by atoms with van der Waals surface area (Å²) in [5, 5.41) is 11.6. The molecule has 0 aliphatic carbocycles. The molecule has 0 bridgehead atoms. The van der Waals surface area contributed by atoms with Gasteiger partial charge in [-0.05, 0) is 48.5 Å². The Morgan fingerprint density at radius 3 is 2.28 bits per heavy atom. The van der Waals surface area contributed by atoms with E-state index in [-0.39, 0.29) is 18.4 Å². The van der Waals surface area contributed by atoms with Crippen molar-refractivity contribution in [1.29, 1.82) is 5.26 Å². The van der Waals surface area contributed by atoms with Gasteiger partial charge in [0.2, 0.25) is 11.8 Å². The molecule has 6 heteroatoms. The topological polar surface area (TPSA) is 82.4 Å². The predicted molar refractivity (Wildman–Crippen MR) is 111 cm³/mol. The van der Waals surface area contributed by atoms with E-state index in [1.54, 1.807) is 48.5 Å². The molecule has 29 heavy (non-hydrogen) atoms. The molecule has 0 fully saturated rings. The number of benzene rings is 3.